The van der Waals surface area contributed by atoms with E-state index in [1.54, 1.807) is 17.0 Å². The second kappa shape index (κ2) is 5.99. The van der Waals surface area contributed by atoms with E-state index < -0.39 is 0 Å². The fourth-order valence-electron chi connectivity index (χ4n) is 3.42. The highest BCUT2D eigenvalue weighted by atomic mass is 79.9. The first kappa shape index (κ1) is 16.1. The molecule has 6 nitrogen and oxygen atoms in total. The number of fused-ring (bicyclic) bond motifs is 3. The standard InChI is InChI=1S/C20H15BrN6/c1-12-13(2)27(14-6-5-9-22-10-14)19-17(12)20-24-18(25-26(20)11-23-19)15-7-3-4-8-16(15)21/h3-11H,1-2H3. The smallest absolute Gasteiger partial charge is 0.183 e. The Morgan fingerprint density at radius 3 is 2.63 bits per heavy atom. The minimum Gasteiger partial charge on any atom is -0.297 e. The lowest BCUT2D eigenvalue weighted by Gasteiger charge is -2.06. The Kier molecular flexibility index (Phi) is 3.58. The summed E-state index contributed by atoms with van der Waals surface area (Å²) in [4.78, 5) is 13.8. The van der Waals surface area contributed by atoms with E-state index in [-0.39, 0.29) is 0 Å². The minimum atomic E-state index is 0.669. The summed E-state index contributed by atoms with van der Waals surface area (Å²) in [6, 6.07) is 11.9. The predicted octanol–water partition coefficient (Wildman–Crippen LogP) is 4.51. The number of benzene rings is 1. The topological polar surface area (TPSA) is 60.9 Å². The van der Waals surface area contributed by atoms with Crippen molar-refractivity contribution in [1.29, 1.82) is 0 Å². The summed E-state index contributed by atoms with van der Waals surface area (Å²) in [5, 5.41) is 5.64. The minimum absolute atomic E-state index is 0.669. The molecule has 5 rings (SSSR count). The van der Waals surface area contributed by atoms with Crippen molar-refractivity contribution in [1.82, 2.24) is 29.1 Å². The molecule has 4 heterocycles. The Morgan fingerprint density at radius 2 is 1.85 bits per heavy atom. The van der Waals surface area contributed by atoms with Crippen molar-refractivity contribution < 1.29 is 0 Å². The van der Waals surface area contributed by atoms with E-state index in [0.717, 1.165) is 43.7 Å². The fraction of sp³-hybridized carbons (Fsp3) is 0.100. The van der Waals surface area contributed by atoms with Crippen LogP contribution in [0.25, 0.3) is 33.8 Å². The Labute approximate surface area is 163 Å². The van der Waals surface area contributed by atoms with Gasteiger partial charge in [-0.1, -0.05) is 28.1 Å². The third kappa shape index (κ3) is 2.39. The SMILES string of the molecule is Cc1c(C)n(-c2cccnc2)c2ncn3nc(-c4ccccc4Br)nc3c12. The van der Waals surface area contributed by atoms with E-state index >= 15 is 0 Å². The lowest BCUT2D eigenvalue weighted by Crippen LogP contribution is -1.99. The molecule has 1 aromatic carbocycles. The lowest BCUT2D eigenvalue weighted by molar-refractivity contribution is 0.925. The monoisotopic (exact) mass is 418 g/mol. The highest BCUT2D eigenvalue weighted by Gasteiger charge is 2.19. The van der Waals surface area contributed by atoms with Gasteiger partial charge in [-0.15, -0.1) is 5.10 Å². The number of aromatic nitrogens is 6. The third-order valence-corrected chi connectivity index (χ3v) is 5.54. The molecule has 0 fully saturated rings. The molecular weight excluding hydrogens is 404 g/mol. The molecule has 0 saturated carbocycles. The van der Waals surface area contributed by atoms with Crippen LogP contribution in [-0.2, 0) is 0 Å². The van der Waals surface area contributed by atoms with Gasteiger partial charge in [-0.3, -0.25) is 9.55 Å². The number of hydrogen-bond donors (Lipinski definition) is 0. The zero-order valence-electron chi connectivity index (χ0n) is 14.8. The van der Waals surface area contributed by atoms with E-state index in [1.165, 1.54) is 0 Å². The summed E-state index contributed by atoms with van der Waals surface area (Å²) in [6.45, 7) is 4.19. The van der Waals surface area contributed by atoms with Crippen LogP contribution in [0.4, 0.5) is 0 Å². The van der Waals surface area contributed by atoms with Crippen LogP contribution in [0, 0.1) is 13.8 Å². The zero-order valence-corrected chi connectivity index (χ0v) is 16.3. The highest BCUT2D eigenvalue weighted by molar-refractivity contribution is 9.10. The third-order valence-electron chi connectivity index (χ3n) is 4.85. The molecule has 0 spiro atoms. The van der Waals surface area contributed by atoms with Gasteiger partial charge in [-0.2, -0.15) is 0 Å². The van der Waals surface area contributed by atoms with E-state index in [0.29, 0.717) is 5.82 Å². The van der Waals surface area contributed by atoms with Gasteiger partial charge < -0.3 is 0 Å². The van der Waals surface area contributed by atoms with Crippen molar-refractivity contribution in [3.05, 3.63) is 70.8 Å². The summed E-state index contributed by atoms with van der Waals surface area (Å²) < 4.78 is 4.83. The summed E-state index contributed by atoms with van der Waals surface area (Å²) in [6.07, 6.45) is 5.33. The van der Waals surface area contributed by atoms with Crippen LogP contribution in [0.15, 0.2) is 59.6 Å². The molecule has 0 aliphatic heterocycles. The first-order chi connectivity index (χ1) is 13.1. The second-order valence-electron chi connectivity index (χ2n) is 6.38. The quantitative estimate of drug-likeness (QED) is 0.423. The highest BCUT2D eigenvalue weighted by Crippen LogP contribution is 2.31. The molecule has 0 atom stereocenters. The average Bonchev–Trinajstić information content (AvgIpc) is 3.22. The molecule has 0 aliphatic rings. The van der Waals surface area contributed by atoms with Crippen LogP contribution in [0.2, 0.25) is 0 Å². The van der Waals surface area contributed by atoms with Crippen LogP contribution in [-0.4, -0.2) is 29.1 Å². The maximum absolute atomic E-state index is 4.83. The lowest BCUT2D eigenvalue weighted by atomic mass is 10.2. The molecule has 7 heteroatoms. The maximum Gasteiger partial charge on any atom is 0.183 e. The van der Waals surface area contributed by atoms with Crippen molar-refractivity contribution >= 4 is 32.6 Å². The van der Waals surface area contributed by atoms with Gasteiger partial charge in [0.2, 0.25) is 0 Å². The van der Waals surface area contributed by atoms with Crippen molar-refractivity contribution in [2.75, 3.05) is 0 Å². The predicted molar refractivity (Wildman–Crippen MR) is 108 cm³/mol. The summed E-state index contributed by atoms with van der Waals surface area (Å²) in [5.41, 5.74) is 5.85. The molecule has 0 unspecified atom stereocenters. The molecular formula is C20H15BrN6. The van der Waals surface area contributed by atoms with Gasteiger partial charge in [0.15, 0.2) is 17.1 Å². The van der Waals surface area contributed by atoms with Crippen LogP contribution < -0.4 is 0 Å². The molecule has 0 radical (unpaired) electrons. The summed E-state index contributed by atoms with van der Waals surface area (Å²) in [7, 11) is 0. The Bertz CT molecular complexity index is 1300. The number of aryl methyl sites for hydroxylation is 1. The maximum atomic E-state index is 4.83. The molecule has 27 heavy (non-hydrogen) atoms. The second-order valence-corrected chi connectivity index (χ2v) is 7.24. The molecule has 5 aromatic rings. The number of pyridine rings is 1. The molecule has 0 bridgehead atoms. The molecule has 132 valence electrons. The van der Waals surface area contributed by atoms with Crippen LogP contribution >= 0.6 is 15.9 Å². The van der Waals surface area contributed by atoms with Gasteiger partial charge in [0, 0.05) is 21.9 Å². The van der Waals surface area contributed by atoms with Gasteiger partial charge in [0.05, 0.1) is 17.3 Å². The fourth-order valence-corrected chi connectivity index (χ4v) is 3.88. The molecule has 0 saturated heterocycles. The summed E-state index contributed by atoms with van der Waals surface area (Å²) in [5.74, 6) is 0.669. The van der Waals surface area contributed by atoms with E-state index in [9.17, 15) is 0 Å². The number of nitrogens with zero attached hydrogens (tertiary/aromatic N) is 6. The Balaban J connectivity index is 1.83. The molecule has 4 aromatic heterocycles. The molecule has 0 N–H and O–H groups in total. The van der Waals surface area contributed by atoms with Gasteiger partial charge in [-0.05, 0) is 43.7 Å². The van der Waals surface area contributed by atoms with Crippen LogP contribution in [0.3, 0.4) is 0 Å². The van der Waals surface area contributed by atoms with E-state index in [4.69, 9.17) is 4.98 Å². The van der Waals surface area contributed by atoms with E-state index in [2.05, 4.69) is 49.4 Å². The first-order valence-electron chi connectivity index (χ1n) is 8.53. The normalized spacial score (nSPS) is 11.5. The number of rotatable bonds is 2. The average molecular weight is 419 g/mol. The largest absolute Gasteiger partial charge is 0.297 e. The molecule has 0 aliphatic carbocycles. The van der Waals surface area contributed by atoms with Gasteiger partial charge >= 0.3 is 0 Å². The van der Waals surface area contributed by atoms with Crippen LogP contribution in [0.1, 0.15) is 11.3 Å². The first-order valence-corrected chi connectivity index (χ1v) is 9.32. The van der Waals surface area contributed by atoms with Crippen molar-refractivity contribution in [2.45, 2.75) is 13.8 Å². The van der Waals surface area contributed by atoms with Crippen molar-refractivity contribution in [2.24, 2.45) is 0 Å². The van der Waals surface area contributed by atoms with Crippen molar-refractivity contribution in [3.63, 3.8) is 0 Å². The van der Waals surface area contributed by atoms with Gasteiger partial charge in [-0.25, -0.2) is 14.5 Å². The van der Waals surface area contributed by atoms with Crippen molar-refractivity contribution in [3.8, 4) is 17.1 Å². The van der Waals surface area contributed by atoms with Gasteiger partial charge in [0.25, 0.3) is 0 Å². The zero-order chi connectivity index (χ0) is 18.5. The van der Waals surface area contributed by atoms with Crippen LogP contribution in [0.5, 0.6) is 0 Å². The molecule has 0 amide bonds. The van der Waals surface area contributed by atoms with E-state index in [1.807, 2.05) is 42.6 Å². The van der Waals surface area contributed by atoms with Gasteiger partial charge in [0.1, 0.15) is 6.33 Å². The summed E-state index contributed by atoms with van der Waals surface area (Å²) >= 11 is 3.58. The number of halogens is 1. The number of hydrogen-bond acceptors (Lipinski definition) is 4. The Morgan fingerprint density at radius 1 is 1.00 bits per heavy atom. The Hall–Kier alpha value is -3.06.